The van der Waals surface area contributed by atoms with Crippen molar-refractivity contribution in [3.05, 3.63) is 125 Å². The molecule has 4 aromatic carbocycles. The van der Waals surface area contributed by atoms with E-state index in [2.05, 4.69) is 36.4 Å². The van der Waals surface area contributed by atoms with Crippen molar-refractivity contribution in [3.63, 3.8) is 0 Å². The van der Waals surface area contributed by atoms with Crippen molar-refractivity contribution in [3.8, 4) is 17.2 Å². The number of benzene rings is 4. The number of hydrogen-bond acceptors (Lipinski definition) is 4. The van der Waals surface area contributed by atoms with Gasteiger partial charge in [-0.05, 0) is 42.0 Å². The molecule has 4 nitrogen and oxygen atoms in total. The lowest BCUT2D eigenvalue weighted by Crippen LogP contribution is -2.28. The van der Waals surface area contributed by atoms with Crippen LogP contribution >= 0.6 is 0 Å². The first-order chi connectivity index (χ1) is 16.7. The molecule has 0 fully saturated rings. The molecule has 1 aliphatic rings. The zero-order valence-electron chi connectivity index (χ0n) is 19.4. The van der Waals surface area contributed by atoms with Gasteiger partial charge in [0.25, 0.3) is 0 Å². The summed E-state index contributed by atoms with van der Waals surface area (Å²) in [6.45, 7) is 0. The van der Waals surface area contributed by atoms with Crippen LogP contribution in [0, 0.1) is 0 Å². The van der Waals surface area contributed by atoms with Gasteiger partial charge in [-0.25, -0.2) is 0 Å². The van der Waals surface area contributed by atoms with Crippen LogP contribution in [0.2, 0.25) is 0 Å². The smallest absolute Gasteiger partial charge is 0.185 e. The Morgan fingerprint density at radius 2 is 1.29 bits per heavy atom. The molecule has 4 heteroatoms. The molecule has 0 aliphatic carbocycles. The summed E-state index contributed by atoms with van der Waals surface area (Å²) >= 11 is 0. The molecule has 0 spiro atoms. The Kier molecular flexibility index (Phi) is 5.72. The zero-order chi connectivity index (χ0) is 23.5. The van der Waals surface area contributed by atoms with Gasteiger partial charge in [0, 0.05) is 22.3 Å². The first-order valence-electron chi connectivity index (χ1n) is 11.1. The number of fused-ring (bicyclic) bond motifs is 1. The van der Waals surface area contributed by atoms with Crippen molar-refractivity contribution >= 4 is 11.8 Å². The van der Waals surface area contributed by atoms with Crippen molar-refractivity contribution in [2.24, 2.45) is 0 Å². The molecule has 34 heavy (non-hydrogen) atoms. The monoisotopic (exact) mass is 450 g/mol. The molecule has 170 valence electrons. The molecule has 1 heterocycles. The van der Waals surface area contributed by atoms with E-state index < -0.39 is 5.60 Å². The van der Waals surface area contributed by atoms with E-state index in [1.807, 2.05) is 66.7 Å². The quantitative estimate of drug-likeness (QED) is 0.335. The van der Waals surface area contributed by atoms with Gasteiger partial charge in [-0.1, -0.05) is 66.7 Å². The molecule has 0 amide bonds. The van der Waals surface area contributed by atoms with Gasteiger partial charge in [0.15, 0.2) is 17.1 Å². The molecule has 0 unspecified atom stereocenters. The van der Waals surface area contributed by atoms with Crippen LogP contribution in [0.5, 0.6) is 17.2 Å². The molecule has 0 radical (unpaired) electrons. The second-order valence-corrected chi connectivity index (χ2v) is 8.05. The summed E-state index contributed by atoms with van der Waals surface area (Å²) in [5, 5.41) is 0. The molecular formula is C30H26O4. The van der Waals surface area contributed by atoms with Crippen molar-refractivity contribution in [2.75, 3.05) is 21.3 Å². The van der Waals surface area contributed by atoms with E-state index in [4.69, 9.17) is 18.9 Å². The van der Waals surface area contributed by atoms with Crippen LogP contribution in [0.3, 0.4) is 0 Å². The van der Waals surface area contributed by atoms with Gasteiger partial charge in [-0.2, -0.15) is 0 Å². The van der Waals surface area contributed by atoms with E-state index in [1.54, 1.807) is 21.3 Å². The van der Waals surface area contributed by atoms with Gasteiger partial charge in [0.05, 0.1) is 21.3 Å². The minimum atomic E-state index is -0.811. The summed E-state index contributed by atoms with van der Waals surface area (Å²) in [5.41, 5.74) is 4.29. The first-order valence-corrected chi connectivity index (χ1v) is 11.1. The average Bonchev–Trinajstić information content (AvgIpc) is 3.23. The normalized spacial score (nSPS) is 14.9. The molecule has 1 aliphatic heterocycles. The van der Waals surface area contributed by atoms with E-state index in [9.17, 15) is 0 Å². The second-order valence-electron chi connectivity index (χ2n) is 8.05. The molecule has 0 bridgehead atoms. The lowest BCUT2D eigenvalue weighted by atomic mass is 9.80. The first kappa shape index (κ1) is 21.7. The molecule has 4 aromatic rings. The molecule has 0 aromatic heterocycles. The van der Waals surface area contributed by atoms with Crippen LogP contribution in [0.1, 0.15) is 27.8 Å². The third kappa shape index (κ3) is 3.57. The van der Waals surface area contributed by atoms with Crippen molar-refractivity contribution < 1.29 is 18.9 Å². The highest BCUT2D eigenvalue weighted by molar-refractivity contribution is 5.84. The van der Waals surface area contributed by atoms with E-state index in [1.165, 1.54) is 0 Å². The van der Waals surface area contributed by atoms with Crippen LogP contribution in [0.15, 0.2) is 97.1 Å². The Hall–Kier alpha value is -4.18. The summed E-state index contributed by atoms with van der Waals surface area (Å²) in [5.74, 6) is 2.91. The minimum Gasteiger partial charge on any atom is -0.497 e. The van der Waals surface area contributed by atoms with E-state index in [0.29, 0.717) is 11.5 Å². The largest absolute Gasteiger partial charge is 0.497 e. The summed E-state index contributed by atoms with van der Waals surface area (Å²) in [4.78, 5) is 0. The van der Waals surface area contributed by atoms with Gasteiger partial charge < -0.3 is 18.9 Å². The van der Waals surface area contributed by atoms with Gasteiger partial charge in [-0.3, -0.25) is 0 Å². The van der Waals surface area contributed by atoms with Crippen molar-refractivity contribution in [2.45, 2.75) is 5.60 Å². The molecule has 5 rings (SSSR count). The van der Waals surface area contributed by atoms with Gasteiger partial charge >= 0.3 is 0 Å². The van der Waals surface area contributed by atoms with Crippen molar-refractivity contribution in [1.29, 1.82) is 0 Å². The number of rotatable bonds is 6. The van der Waals surface area contributed by atoms with E-state index >= 15 is 0 Å². The van der Waals surface area contributed by atoms with E-state index in [-0.39, 0.29) is 0 Å². The molecule has 0 atom stereocenters. The van der Waals surface area contributed by atoms with Gasteiger partial charge in [0.2, 0.25) is 0 Å². The fourth-order valence-electron chi connectivity index (χ4n) is 4.57. The highest BCUT2D eigenvalue weighted by atomic mass is 16.5. The van der Waals surface area contributed by atoms with Crippen LogP contribution < -0.4 is 14.2 Å². The SMILES string of the molecule is COc1ccc2c(c1)C(c1ccccc1)(c1ccccc1)O/C2=C\c1ccc(OC)c(OC)c1. The highest BCUT2D eigenvalue weighted by Crippen LogP contribution is 2.52. The summed E-state index contributed by atoms with van der Waals surface area (Å²) in [7, 11) is 4.96. The minimum absolute atomic E-state index is 0.669. The Morgan fingerprint density at radius 1 is 0.647 bits per heavy atom. The third-order valence-electron chi connectivity index (χ3n) is 6.20. The fraction of sp³-hybridized carbons (Fsp3) is 0.133. The summed E-state index contributed by atoms with van der Waals surface area (Å²) < 4.78 is 23.5. The molecule has 0 N–H and O–H groups in total. The van der Waals surface area contributed by atoms with Gasteiger partial charge in [-0.15, -0.1) is 0 Å². The molecule has 0 saturated carbocycles. The highest BCUT2D eigenvalue weighted by Gasteiger charge is 2.46. The van der Waals surface area contributed by atoms with Crippen LogP contribution in [-0.2, 0) is 10.3 Å². The molecular weight excluding hydrogens is 424 g/mol. The second kappa shape index (κ2) is 8.99. The predicted molar refractivity (Wildman–Crippen MR) is 134 cm³/mol. The molecule has 0 saturated heterocycles. The standard InChI is InChI=1S/C30H26O4/c1-31-24-15-16-25-26(20-24)30(22-10-6-4-7-11-22,23-12-8-5-9-13-23)34-28(25)18-21-14-17-27(32-2)29(19-21)33-3/h4-20H,1-3H3/b28-18-. The third-order valence-corrected chi connectivity index (χ3v) is 6.20. The predicted octanol–water partition coefficient (Wildman–Crippen LogP) is 6.53. The zero-order valence-corrected chi connectivity index (χ0v) is 19.4. The van der Waals surface area contributed by atoms with E-state index in [0.717, 1.165) is 39.3 Å². The van der Waals surface area contributed by atoms with Crippen LogP contribution in [0.4, 0.5) is 0 Å². The maximum absolute atomic E-state index is 6.96. The summed E-state index contributed by atoms with van der Waals surface area (Å²) in [6, 6.07) is 32.6. The van der Waals surface area contributed by atoms with Crippen LogP contribution in [-0.4, -0.2) is 21.3 Å². The maximum Gasteiger partial charge on any atom is 0.185 e. The Balaban J connectivity index is 1.75. The Labute approximate surface area is 200 Å². The fourth-order valence-corrected chi connectivity index (χ4v) is 4.57. The van der Waals surface area contributed by atoms with Gasteiger partial charge in [0.1, 0.15) is 11.5 Å². The lowest BCUT2D eigenvalue weighted by Gasteiger charge is -2.31. The topological polar surface area (TPSA) is 36.9 Å². The number of ether oxygens (including phenoxy) is 4. The lowest BCUT2D eigenvalue weighted by molar-refractivity contribution is 0.139. The van der Waals surface area contributed by atoms with Crippen LogP contribution in [0.25, 0.3) is 11.8 Å². The number of hydrogen-bond donors (Lipinski definition) is 0. The Morgan fingerprint density at radius 3 is 1.88 bits per heavy atom. The Bertz CT molecular complexity index is 1290. The number of methoxy groups -OCH3 is 3. The van der Waals surface area contributed by atoms with Crippen molar-refractivity contribution in [1.82, 2.24) is 0 Å². The average molecular weight is 451 g/mol. The maximum atomic E-state index is 6.96. The summed E-state index contributed by atoms with van der Waals surface area (Å²) in [6.07, 6.45) is 2.04.